The fraction of sp³-hybridized carbons (Fsp3) is 0.583. The minimum Gasteiger partial charge on any atom is -0.381 e. The summed E-state index contributed by atoms with van der Waals surface area (Å²) in [4.78, 5) is 4.12. The van der Waals surface area contributed by atoms with Crippen molar-refractivity contribution in [2.75, 3.05) is 5.73 Å². The van der Waals surface area contributed by atoms with Gasteiger partial charge in [-0.2, -0.15) is 0 Å². The molecule has 1 fully saturated rings. The second-order valence-corrected chi connectivity index (χ2v) is 4.84. The SMILES string of the molecule is Cc1cnc(N)c2nnc(C3CCCCC3)n12. The predicted octanol–water partition coefficient (Wildman–Crippen LogP) is 2.06. The van der Waals surface area contributed by atoms with Crippen molar-refractivity contribution in [1.29, 1.82) is 0 Å². The van der Waals surface area contributed by atoms with Crippen molar-refractivity contribution in [2.24, 2.45) is 0 Å². The number of fused-ring (bicyclic) bond motifs is 1. The zero-order chi connectivity index (χ0) is 11.8. The van der Waals surface area contributed by atoms with Gasteiger partial charge in [-0.1, -0.05) is 19.3 Å². The van der Waals surface area contributed by atoms with Crippen LogP contribution in [-0.4, -0.2) is 19.6 Å². The smallest absolute Gasteiger partial charge is 0.203 e. The largest absolute Gasteiger partial charge is 0.381 e. The molecule has 5 heteroatoms. The van der Waals surface area contributed by atoms with Crippen molar-refractivity contribution in [2.45, 2.75) is 44.9 Å². The fourth-order valence-electron chi connectivity index (χ4n) is 2.71. The van der Waals surface area contributed by atoms with Gasteiger partial charge in [0.2, 0.25) is 5.65 Å². The normalized spacial score (nSPS) is 17.7. The molecule has 0 aromatic carbocycles. The van der Waals surface area contributed by atoms with Crippen molar-refractivity contribution in [3.8, 4) is 0 Å². The Morgan fingerprint density at radius 1 is 1.24 bits per heavy atom. The number of hydrogen-bond donors (Lipinski definition) is 1. The average Bonchev–Trinajstić information content (AvgIpc) is 2.81. The van der Waals surface area contributed by atoms with Crippen LogP contribution in [0.1, 0.15) is 49.5 Å². The molecule has 1 aliphatic rings. The molecule has 0 atom stereocenters. The Morgan fingerprint density at radius 3 is 2.76 bits per heavy atom. The lowest BCUT2D eigenvalue weighted by Crippen LogP contribution is -2.10. The summed E-state index contributed by atoms with van der Waals surface area (Å²) in [5.74, 6) is 2.05. The number of nitrogens with zero attached hydrogens (tertiary/aromatic N) is 4. The number of hydrogen-bond acceptors (Lipinski definition) is 4. The lowest BCUT2D eigenvalue weighted by Gasteiger charge is -2.20. The maximum atomic E-state index is 5.83. The van der Waals surface area contributed by atoms with Crippen LogP contribution in [0.4, 0.5) is 5.82 Å². The minimum absolute atomic E-state index is 0.463. The van der Waals surface area contributed by atoms with Gasteiger partial charge < -0.3 is 5.73 Å². The van der Waals surface area contributed by atoms with Crippen molar-refractivity contribution in [1.82, 2.24) is 19.6 Å². The summed E-state index contributed by atoms with van der Waals surface area (Å²) in [6.45, 7) is 2.02. The molecule has 0 saturated heterocycles. The van der Waals surface area contributed by atoms with Crippen LogP contribution in [0.2, 0.25) is 0 Å². The molecular weight excluding hydrogens is 214 g/mol. The standard InChI is InChI=1S/C12H17N5/c1-8-7-14-10(13)12-16-15-11(17(8)12)9-5-3-2-4-6-9/h7,9H,2-6H2,1H3,(H2,13,14). The van der Waals surface area contributed by atoms with Crippen LogP contribution in [-0.2, 0) is 0 Å². The Balaban J connectivity index is 2.13. The van der Waals surface area contributed by atoms with Gasteiger partial charge in [0.25, 0.3) is 0 Å². The molecule has 2 heterocycles. The lowest BCUT2D eigenvalue weighted by molar-refractivity contribution is 0.426. The van der Waals surface area contributed by atoms with Crippen LogP contribution >= 0.6 is 0 Å². The van der Waals surface area contributed by atoms with Crippen molar-refractivity contribution in [3.05, 3.63) is 17.7 Å². The highest BCUT2D eigenvalue weighted by atomic mass is 15.3. The number of nitrogens with two attached hydrogens (primary N) is 1. The van der Waals surface area contributed by atoms with Gasteiger partial charge in [-0.05, 0) is 19.8 Å². The molecule has 0 bridgehead atoms. The molecule has 3 rings (SSSR count). The molecule has 5 nitrogen and oxygen atoms in total. The van der Waals surface area contributed by atoms with Gasteiger partial charge in [-0.3, -0.25) is 4.40 Å². The van der Waals surface area contributed by atoms with E-state index in [-0.39, 0.29) is 0 Å². The summed E-state index contributed by atoms with van der Waals surface area (Å²) in [6, 6.07) is 0. The maximum Gasteiger partial charge on any atom is 0.203 e. The Labute approximate surface area is 100 Å². The molecule has 0 radical (unpaired) electrons. The minimum atomic E-state index is 0.463. The molecule has 2 aromatic heterocycles. The Bertz CT molecular complexity index is 539. The molecule has 1 aliphatic carbocycles. The third-order valence-corrected chi connectivity index (χ3v) is 3.63. The van der Waals surface area contributed by atoms with E-state index in [2.05, 4.69) is 19.6 Å². The zero-order valence-corrected chi connectivity index (χ0v) is 10.1. The first-order chi connectivity index (χ1) is 8.27. The molecule has 2 N–H and O–H groups in total. The summed E-state index contributed by atoms with van der Waals surface area (Å²) in [5.41, 5.74) is 7.59. The average molecular weight is 231 g/mol. The fourth-order valence-corrected chi connectivity index (χ4v) is 2.71. The number of aromatic nitrogens is 4. The van der Waals surface area contributed by atoms with Gasteiger partial charge in [-0.15, -0.1) is 10.2 Å². The molecule has 17 heavy (non-hydrogen) atoms. The highest BCUT2D eigenvalue weighted by Crippen LogP contribution is 2.32. The first kappa shape index (κ1) is 10.5. The topological polar surface area (TPSA) is 69.1 Å². The second kappa shape index (κ2) is 3.98. The van der Waals surface area contributed by atoms with E-state index in [0.717, 1.165) is 11.5 Å². The molecule has 90 valence electrons. The van der Waals surface area contributed by atoms with Gasteiger partial charge in [0.15, 0.2) is 5.82 Å². The van der Waals surface area contributed by atoms with E-state index in [9.17, 15) is 0 Å². The molecular formula is C12H17N5. The van der Waals surface area contributed by atoms with Crippen molar-refractivity contribution < 1.29 is 0 Å². The highest BCUT2D eigenvalue weighted by molar-refractivity contribution is 5.59. The zero-order valence-electron chi connectivity index (χ0n) is 10.1. The Morgan fingerprint density at radius 2 is 2.00 bits per heavy atom. The molecule has 0 unspecified atom stereocenters. The predicted molar refractivity (Wildman–Crippen MR) is 65.8 cm³/mol. The lowest BCUT2D eigenvalue weighted by atomic mass is 9.89. The Hall–Kier alpha value is -1.65. The monoisotopic (exact) mass is 231 g/mol. The second-order valence-electron chi connectivity index (χ2n) is 4.84. The van der Waals surface area contributed by atoms with E-state index in [1.165, 1.54) is 32.1 Å². The molecule has 0 spiro atoms. The van der Waals surface area contributed by atoms with Gasteiger partial charge in [0.1, 0.15) is 5.82 Å². The van der Waals surface area contributed by atoms with E-state index in [1.807, 2.05) is 6.92 Å². The van der Waals surface area contributed by atoms with E-state index in [1.54, 1.807) is 6.20 Å². The third kappa shape index (κ3) is 1.66. The number of anilines is 1. The highest BCUT2D eigenvalue weighted by Gasteiger charge is 2.22. The first-order valence-corrected chi connectivity index (χ1v) is 6.23. The summed E-state index contributed by atoms with van der Waals surface area (Å²) < 4.78 is 2.07. The number of aryl methyl sites for hydroxylation is 1. The quantitative estimate of drug-likeness (QED) is 0.815. The van der Waals surface area contributed by atoms with Crippen LogP contribution in [0.25, 0.3) is 5.65 Å². The summed E-state index contributed by atoms with van der Waals surface area (Å²) >= 11 is 0. The summed E-state index contributed by atoms with van der Waals surface area (Å²) in [5, 5.41) is 8.51. The van der Waals surface area contributed by atoms with Crippen molar-refractivity contribution >= 4 is 11.5 Å². The molecule has 2 aromatic rings. The van der Waals surface area contributed by atoms with Crippen molar-refractivity contribution in [3.63, 3.8) is 0 Å². The van der Waals surface area contributed by atoms with Gasteiger partial charge in [-0.25, -0.2) is 4.98 Å². The number of rotatable bonds is 1. The van der Waals surface area contributed by atoms with E-state index >= 15 is 0 Å². The van der Waals surface area contributed by atoms with E-state index in [4.69, 9.17) is 5.73 Å². The van der Waals surface area contributed by atoms with Gasteiger partial charge in [0.05, 0.1) is 0 Å². The van der Waals surface area contributed by atoms with Crippen LogP contribution in [0, 0.1) is 6.92 Å². The van der Waals surface area contributed by atoms with Crippen LogP contribution in [0.5, 0.6) is 0 Å². The van der Waals surface area contributed by atoms with Gasteiger partial charge >= 0.3 is 0 Å². The summed E-state index contributed by atoms with van der Waals surface area (Å²) in [7, 11) is 0. The molecule has 0 amide bonds. The Kier molecular flexibility index (Phi) is 2.46. The van der Waals surface area contributed by atoms with Crippen LogP contribution in [0.15, 0.2) is 6.20 Å². The van der Waals surface area contributed by atoms with Crippen LogP contribution in [0.3, 0.4) is 0 Å². The van der Waals surface area contributed by atoms with E-state index < -0.39 is 0 Å². The van der Waals surface area contributed by atoms with E-state index in [0.29, 0.717) is 17.4 Å². The molecule has 1 saturated carbocycles. The van der Waals surface area contributed by atoms with Gasteiger partial charge in [0, 0.05) is 17.8 Å². The summed E-state index contributed by atoms with van der Waals surface area (Å²) in [6.07, 6.45) is 8.14. The number of nitrogen functional groups attached to an aromatic ring is 1. The first-order valence-electron chi connectivity index (χ1n) is 6.23. The maximum absolute atomic E-state index is 5.83. The van der Waals surface area contributed by atoms with Crippen LogP contribution < -0.4 is 5.73 Å². The third-order valence-electron chi connectivity index (χ3n) is 3.63. The molecule has 0 aliphatic heterocycles.